The van der Waals surface area contributed by atoms with Crippen LogP contribution in [0.4, 0.5) is 10.2 Å². The van der Waals surface area contributed by atoms with Crippen LogP contribution >= 0.6 is 0 Å². The molecule has 2 N–H and O–H groups in total. The number of benzene rings is 1. The molecule has 0 radical (unpaired) electrons. The zero-order valence-corrected chi connectivity index (χ0v) is 11.2. The Bertz CT molecular complexity index is 832. The van der Waals surface area contributed by atoms with Gasteiger partial charge in [0.1, 0.15) is 5.82 Å². The van der Waals surface area contributed by atoms with Crippen LogP contribution < -0.4 is 5.32 Å². The summed E-state index contributed by atoms with van der Waals surface area (Å²) in [5.41, 5.74) is 0.151. The van der Waals surface area contributed by atoms with Gasteiger partial charge in [0.15, 0.2) is 23.0 Å². The molecule has 0 unspecified atom stereocenters. The molecule has 0 bridgehead atoms. The van der Waals surface area contributed by atoms with Gasteiger partial charge in [0.25, 0.3) is 5.91 Å². The Balaban J connectivity index is 1.84. The molecule has 0 aliphatic carbocycles. The second-order valence-electron chi connectivity index (χ2n) is 4.38. The van der Waals surface area contributed by atoms with Crippen molar-refractivity contribution in [2.24, 2.45) is 0 Å². The van der Waals surface area contributed by atoms with E-state index >= 15 is 0 Å². The standard InChI is InChI=1S/C15H10FN3O3/c16-10-5-2-1-4-9(10)13-8-11(19-22-13)15(21)18-14-12(20)6-3-7-17-14/h1-8,20H,(H,17,18,21). The van der Waals surface area contributed by atoms with Gasteiger partial charge < -0.3 is 14.9 Å². The Hall–Kier alpha value is -3.22. The first-order valence-electron chi connectivity index (χ1n) is 6.32. The van der Waals surface area contributed by atoms with Crippen LogP contribution in [0.5, 0.6) is 5.75 Å². The number of aromatic hydroxyl groups is 1. The fourth-order valence-electron chi connectivity index (χ4n) is 1.83. The van der Waals surface area contributed by atoms with E-state index in [0.29, 0.717) is 0 Å². The van der Waals surface area contributed by atoms with Crippen LogP contribution in [0.15, 0.2) is 53.2 Å². The highest BCUT2D eigenvalue weighted by Gasteiger charge is 2.17. The molecule has 3 rings (SSSR count). The van der Waals surface area contributed by atoms with Crippen molar-refractivity contribution in [3.63, 3.8) is 0 Å². The first-order valence-corrected chi connectivity index (χ1v) is 6.32. The lowest BCUT2D eigenvalue weighted by Crippen LogP contribution is -2.13. The molecule has 0 spiro atoms. The zero-order chi connectivity index (χ0) is 15.5. The topological polar surface area (TPSA) is 88.2 Å². The van der Waals surface area contributed by atoms with Crippen molar-refractivity contribution in [1.29, 1.82) is 0 Å². The summed E-state index contributed by atoms with van der Waals surface area (Å²) in [6.07, 6.45) is 1.42. The van der Waals surface area contributed by atoms with Crippen LogP contribution in [0.25, 0.3) is 11.3 Å². The van der Waals surface area contributed by atoms with Crippen LogP contribution in [0.2, 0.25) is 0 Å². The number of pyridine rings is 1. The van der Waals surface area contributed by atoms with Gasteiger partial charge in [0.2, 0.25) is 0 Å². The van der Waals surface area contributed by atoms with Crippen molar-refractivity contribution in [3.8, 4) is 17.1 Å². The summed E-state index contributed by atoms with van der Waals surface area (Å²) >= 11 is 0. The van der Waals surface area contributed by atoms with Crippen LogP contribution in [-0.4, -0.2) is 21.2 Å². The molecule has 2 heterocycles. The molecule has 22 heavy (non-hydrogen) atoms. The van der Waals surface area contributed by atoms with Gasteiger partial charge in [-0.3, -0.25) is 4.79 Å². The minimum atomic E-state index is -0.625. The maximum atomic E-state index is 13.7. The lowest BCUT2D eigenvalue weighted by Gasteiger charge is -2.02. The molecule has 0 saturated carbocycles. The van der Waals surface area contributed by atoms with E-state index in [1.165, 1.54) is 36.5 Å². The summed E-state index contributed by atoms with van der Waals surface area (Å²) in [6.45, 7) is 0. The van der Waals surface area contributed by atoms with E-state index in [1.807, 2.05) is 0 Å². The quantitative estimate of drug-likeness (QED) is 0.776. The summed E-state index contributed by atoms with van der Waals surface area (Å²) in [5, 5.41) is 15.5. The smallest absolute Gasteiger partial charge is 0.279 e. The van der Waals surface area contributed by atoms with Crippen LogP contribution in [-0.2, 0) is 0 Å². The number of carbonyl (C=O) groups is 1. The average molecular weight is 299 g/mol. The molecule has 0 saturated heterocycles. The monoisotopic (exact) mass is 299 g/mol. The van der Waals surface area contributed by atoms with E-state index < -0.39 is 11.7 Å². The third-order valence-electron chi connectivity index (χ3n) is 2.90. The van der Waals surface area contributed by atoms with E-state index in [1.54, 1.807) is 12.1 Å². The van der Waals surface area contributed by atoms with Crippen LogP contribution in [0.1, 0.15) is 10.5 Å². The molecule has 2 aromatic heterocycles. The molecule has 0 atom stereocenters. The average Bonchev–Trinajstić information content (AvgIpc) is 3.00. The molecule has 110 valence electrons. The Labute approximate surface area is 124 Å². The zero-order valence-electron chi connectivity index (χ0n) is 11.2. The van der Waals surface area contributed by atoms with Crippen molar-refractivity contribution < 1.29 is 18.8 Å². The van der Waals surface area contributed by atoms with E-state index in [-0.39, 0.29) is 28.6 Å². The van der Waals surface area contributed by atoms with E-state index in [4.69, 9.17) is 4.52 Å². The number of nitrogens with zero attached hydrogens (tertiary/aromatic N) is 2. The summed E-state index contributed by atoms with van der Waals surface area (Å²) in [4.78, 5) is 15.8. The second-order valence-corrected chi connectivity index (χ2v) is 4.38. The van der Waals surface area contributed by atoms with E-state index in [9.17, 15) is 14.3 Å². The number of carbonyl (C=O) groups excluding carboxylic acids is 1. The fraction of sp³-hybridized carbons (Fsp3) is 0. The number of nitrogens with one attached hydrogen (secondary N) is 1. The van der Waals surface area contributed by atoms with Crippen LogP contribution in [0.3, 0.4) is 0 Å². The van der Waals surface area contributed by atoms with Crippen molar-refractivity contribution in [3.05, 3.63) is 60.2 Å². The molecule has 3 aromatic rings. The Kier molecular flexibility index (Phi) is 3.53. The predicted octanol–water partition coefficient (Wildman–Crippen LogP) is 2.83. The largest absolute Gasteiger partial charge is 0.504 e. The van der Waals surface area contributed by atoms with Gasteiger partial charge in [-0.1, -0.05) is 17.3 Å². The highest BCUT2D eigenvalue weighted by molar-refractivity contribution is 6.03. The molecule has 1 amide bonds. The Morgan fingerprint density at radius 2 is 2.05 bits per heavy atom. The number of halogens is 1. The van der Waals surface area contributed by atoms with E-state index in [2.05, 4.69) is 15.5 Å². The van der Waals surface area contributed by atoms with Gasteiger partial charge in [0.05, 0.1) is 5.56 Å². The maximum Gasteiger partial charge on any atom is 0.279 e. The fourth-order valence-corrected chi connectivity index (χ4v) is 1.83. The summed E-state index contributed by atoms with van der Waals surface area (Å²) in [6, 6.07) is 10.2. The van der Waals surface area contributed by atoms with Gasteiger partial charge >= 0.3 is 0 Å². The predicted molar refractivity (Wildman–Crippen MR) is 75.8 cm³/mol. The van der Waals surface area contributed by atoms with Gasteiger partial charge in [-0.05, 0) is 24.3 Å². The van der Waals surface area contributed by atoms with Crippen molar-refractivity contribution >= 4 is 11.7 Å². The number of rotatable bonds is 3. The molecule has 6 nitrogen and oxygen atoms in total. The van der Waals surface area contributed by atoms with Gasteiger partial charge in [-0.25, -0.2) is 9.37 Å². The molecule has 0 aliphatic rings. The highest BCUT2D eigenvalue weighted by atomic mass is 19.1. The first kappa shape index (κ1) is 13.7. The van der Waals surface area contributed by atoms with Gasteiger partial charge in [-0.15, -0.1) is 0 Å². The number of amides is 1. The normalized spacial score (nSPS) is 10.4. The minimum absolute atomic E-state index is 0.00272. The number of hydrogen-bond donors (Lipinski definition) is 2. The summed E-state index contributed by atoms with van der Waals surface area (Å²) in [5.74, 6) is -1.14. The SMILES string of the molecule is O=C(Nc1ncccc1O)c1cc(-c2ccccc2F)on1. The number of aromatic nitrogens is 2. The lowest BCUT2D eigenvalue weighted by atomic mass is 10.1. The molecular weight excluding hydrogens is 289 g/mol. The molecule has 0 aliphatic heterocycles. The molecular formula is C15H10FN3O3. The van der Waals surface area contributed by atoms with Crippen LogP contribution in [0, 0.1) is 5.82 Å². The third kappa shape index (κ3) is 2.64. The van der Waals surface area contributed by atoms with Crippen molar-refractivity contribution in [2.75, 3.05) is 5.32 Å². The summed E-state index contributed by atoms with van der Waals surface area (Å²) in [7, 11) is 0. The first-order chi connectivity index (χ1) is 10.6. The highest BCUT2D eigenvalue weighted by Crippen LogP contribution is 2.24. The minimum Gasteiger partial charge on any atom is -0.504 e. The summed E-state index contributed by atoms with van der Waals surface area (Å²) < 4.78 is 18.6. The van der Waals surface area contributed by atoms with Gasteiger partial charge in [-0.2, -0.15) is 0 Å². The third-order valence-corrected chi connectivity index (χ3v) is 2.90. The molecule has 7 heteroatoms. The Morgan fingerprint density at radius 1 is 1.23 bits per heavy atom. The van der Waals surface area contributed by atoms with Crippen molar-refractivity contribution in [1.82, 2.24) is 10.1 Å². The Morgan fingerprint density at radius 3 is 2.82 bits per heavy atom. The van der Waals surface area contributed by atoms with E-state index in [0.717, 1.165) is 0 Å². The second kappa shape index (κ2) is 5.65. The molecule has 0 fully saturated rings. The maximum absolute atomic E-state index is 13.7. The number of hydrogen-bond acceptors (Lipinski definition) is 5. The van der Waals surface area contributed by atoms with Crippen molar-refractivity contribution in [2.45, 2.75) is 0 Å². The molecule has 1 aromatic carbocycles. The van der Waals surface area contributed by atoms with Gasteiger partial charge in [0, 0.05) is 12.3 Å². The number of anilines is 1. The lowest BCUT2D eigenvalue weighted by molar-refractivity contribution is 0.101.